The number of rotatable bonds is 8. The van der Waals surface area contributed by atoms with Gasteiger partial charge in [0, 0.05) is 19.3 Å². The molecule has 112 valence electrons. The first-order valence-corrected chi connectivity index (χ1v) is 6.46. The quantitative estimate of drug-likeness (QED) is 0.762. The standard InChI is InChI=1S/C13H19F2N3O2/c1-2-5-16-12-4-3-10(8-17-12)13(20)18(6-7-19)9-11(14)15/h3-4,8,11,19H,2,5-7,9H2,1H3,(H,16,17). The fourth-order valence-corrected chi connectivity index (χ4v) is 1.62. The predicted octanol–water partition coefficient (Wildman–Crippen LogP) is 1.60. The second kappa shape index (κ2) is 8.42. The molecule has 0 atom stereocenters. The Bertz CT molecular complexity index is 413. The molecule has 0 fully saturated rings. The van der Waals surface area contributed by atoms with Crippen molar-refractivity contribution in [3.63, 3.8) is 0 Å². The largest absolute Gasteiger partial charge is 0.395 e. The average molecular weight is 287 g/mol. The Morgan fingerprint density at radius 3 is 2.75 bits per heavy atom. The minimum absolute atomic E-state index is 0.126. The molecular weight excluding hydrogens is 268 g/mol. The molecule has 7 heteroatoms. The topological polar surface area (TPSA) is 65.5 Å². The first-order chi connectivity index (χ1) is 9.58. The summed E-state index contributed by atoms with van der Waals surface area (Å²) in [4.78, 5) is 17.0. The highest BCUT2D eigenvalue weighted by Gasteiger charge is 2.19. The van der Waals surface area contributed by atoms with Crippen molar-refractivity contribution in [1.29, 1.82) is 0 Å². The molecule has 0 saturated carbocycles. The maximum atomic E-state index is 12.4. The number of carbonyl (C=O) groups is 1. The van der Waals surface area contributed by atoms with Gasteiger partial charge in [0.2, 0.25) is 0 Å². The molecule has 0 aromatic carbocycles. The number of halogens is 2. The molecular formula is C13H19F2N3O2. The van der Waals surface area contributed by atoms with E-state index in [4.69, 9.17) is 5.11 Å². The lowest BCUT2D eigenvalue weighted by atomic mass is 10.2. The molecule has 2 N–H and O–H groups in total. The van der Waals surface area contributed by atoms with Crippen LogP contribution in [0.15, 0.2) is 18.3 Å². The van der Waals surface area contributed by atoms with Crippen LogP contribution >= 0.6 is 0 Å². The molecule has 0 aliphatic rings. The normalized spacial score (nSPS) is 10.7. The van der Waals surface area contributed by atoms with Crippen molar-refractivity contribution < 1.29 is 18.7 Å². The number of nitrogens with one attached hydrogen (secondary N) is 1. The van der Waals surface area contributed by atoms with Gasteiger partial charge in [-0.15, -0.1) is 0 Å². The molecule has 0 saturated heterocycles. The number of hydrogen-bond donors (Lipinski definition) is 2. The van der Waals surface area contributed by atoms with Crippen molar-refractivity contribution in [1.82, 2.24) is 9.88 Å². The Hall–Kier alpha value is -1.76. The van der Waals surface area contributed by atoms with Gasteiger partial charge in [-0.2, -0.15) is 0 Å². The molecule has 1 heterocycles. The number of amides is 1. The highest BCUT2D eigenvalue weighted by atomic mass is 19.3. The van der Waals surface area contributed by atoms with E-state index in [9.17, 15) is 13.6 Å². The Balaban J connectivity index is 2.73. The van der Waals surface area contributed by atoms with Gasteiger partial charge in [0.15, 0.2) is 0 Å². The van der Waals surface area contributed by atoms with Crippen molar-refractivity contribution >= 4 is 11.7 Å². The second-order valence-electron chi connectivity index (χ2n) is 4.22. The van der Waals surface area contributed by atoms with Crippen LogP contribution in [0, 0.1) is 0 Å². The summed E-state index contributed by atoms with van der Waals surface area (Å²) in [7, 11) is 0. The minimum atomic E-state index is -2.64. The van der Waals surface area contributed by atoms with Crippen LogP contribution in [0.5, 0.6) is 0 Å². The fraction of sp³-hybridized carbons (Fsp3) is 0.538. The van der Waals surface area contributed by atoms with Gasteiger partial charge in [-0.25, -0.2) is 13.8 Å². The van der Waals surface area contributed by atoms with Gasteiger partial charge in [0.25, 0.3) is 12.3 Å². The van der Waals surface area contributed by atoms with Gasteiger partial charge in [-0.1, -0.05) is 6.92 Å². The third kappa shape index (κ3) is 5.08. The van der Waals surface area contributed by atoms with Gasteiger partial charge in [-0.3, -0.25) is 4.79 Å². The molecule has 0 aliphatic carbocycles. The number of hydrogen-bond acceptors (Lipinski definition) is 4. The van der Waals surface area contributed by atoms with E-state index in [1.54, 1.807) is 6.07 Å². The molecule has 5 nitrogen and oxygen atoms in total. The fourth-order valence-electron chi connectivity index (χ4n) is 1.62. The molecule has 1 aromatic heterocycles. The molecule has 20 heavy (non-hydrogen) atoms. The highest BCUT2D eigenvalue weighted by molar-refractivity contribution is 5.94. The van der Waals surface area contributed by atoms with Crippen molar-refractivity contribution in [3.05, 3.63) is 23.9 Å². The van der Waals surface area contributed by atoms with E-state index < -0.39 is 18.9 Å². The zero-order valence-electron chi connectivity index (χ0n) is 11.4. The minimum Gasteiger partial charge on any atom is -0.395 e. The second-order valence-corrected chi connectivity index (χ2v) is 4.22. The summed E-state index contributed by atoms with van der Waals surface area (Å²) in [6.45, 7) is 1.60. The summed E-state index contributed by atoms with van der Waals surface area (Å²) >= 11 is 0. The predicted molar refractivity (Wildman–Crippen MR) is 72.0 cm³/mol. The number of pyridine rings is 1. The number of aliphatic hydroxyl groups excluding tert-OH is 1. The van der Waals surface area contributed by atoms with Gasteiger partial charge in [0.05, 0.1) is 18.7 Å². The molecule has 0 unspecified atom stereocenters. The monoisotopic (exact) mass is 287 g/mol. The van der Waals surface area contributed by atoms with Crippen molar-refractivity contribution in [2.45, 2.75) is 19.8 Å². The average Bonchev–Trinajstić information content (AvgIpc) is 2.44. The lowest BCUT2D eigenvalue weighted by molar-refractivity contribution is 0.0509. The van der Waals surface area contributed by atoms with Crippen LogP contribution in [0.1, 0.15) is 23.7 Å². The number of alkyl halides is 2. The van der Waals surface area contributed by atoms with Gasteiger partial charge < -0.3 is 15.3 Å². The maximum Gasteiger partial charge on any atom is 0.255 e. The third-order valence-electron chi connectivity index (χ3n) is 2.58. The van der Waals surface area contributed by atoms with E-state index >= 15 is 0 Å². The molecule has 0 bridgehead atoms. The number of nitrogens with zero attached hydrogens (tertiary/aromatic N) is 2. The van der Waals surface area contributed by atoms with Crippen LogP contribution < -0.4 is 5.32 Å². The number of anilines is 1. The summed E-state index contributed by atoms with van der Waals surface area (Å²) in [6, 6.07) is 3.16. The summed E-state index contributed by atoms with van der Waals surface area (Å²) in [5.41, 5.74) is 0.223. The van der Waals surface area contributed by atoms with E-state index in [-0.39, 0.29) is 18.7 Å². The summed E-state index contributed by atoms with van der Waals surface area (Å²) < 4.78 is 24.8. The van der Waals surface area contributed by atoms with Crippen molar-refractivity contribution in [2.75, 3.05) is 31.6 Å². The first-order valence-electron chi connectivity index (χ1n) is 6.46. The van der Waals surface area contributed by atoms with Crippen LogP contribution in [0.4, 0.5) is 14.6 Å². The molecule has 1 rings (SSSR count). The third-order valence-corrected chi connectivity index (χ3v) is 2.58. The van der Waals surface area contributed by atoms with Gasteiger partial charge in [-0.05, 0) is 18.6 Å². The summed E-state index contributed by atoms with van der Waals surface area (Å²) in [6.07, 6.45) is -0.346. The van der Waals surface area contributed by atoms with Crippen LogP contribution in [-0.2, 0) is 0 Å². The van der Waals surface area contributed by atoms with E-state index in [0.717, 1.165) is 17.9 Å². The van der Waals surface area contributed by atoms with Gasteiger partial charge in [0.1, 0.15) is 5.82 Å². The van der Waals surface area contributed by atoms with E-state index in [1.165, 1.54) is 12.3 Å². The Morgan fingerprint density at radius 1 is 1.50 bits per heavy atom. The molecule has 1 amide bonds. The lowest BCUT2D eigenvalue weighted by Crippen LogP contribution is -2.37. The molecule has 0 aliphatic heterocycles. The van der Waals surface area contributed by atoms with Crippen molar-refractivity contribution in [3.8, 4) is 0 Å². The van der Waals surface area contributed by atoms with Crippen LogP contribution in [-0.4, -0.2) is 53.6 Å². The Morgan fingerprint density at radius 2 is 2.25 bits per heavy atom. The summed E-state index contributed by atoms with van der Waals surface area (Å²) in [5.74, 6) is 0.0693. The number of aromatic nitrogens is 1. The maximum absolute atomic E-state index is 12.4. The summed E-state index contributed by atoms with van der Waals surface area (Å²) in [5, 5.41) is 11.9. The van der Waals surface area contributed by atoms with E-state index in [0.29, 0.717) is 5.82 Å². The van der Waals surface area contributed by atoms with Crippen LogP contribution in [0.25, 0.3) is 0 Å². The van der Waals surface area contributed by atoms with Crippen LogP contribution in [0.2, 0.25) is 0 Å². The zero-order valence-corrected chi connectivity index (χ0v) is 11.4. The smallest absolute Gasteiger partial charge is 0.255 e. The molecule has 0 radical (unpaired) electrons. The number of carbonyl (C=O) groups excluding carboxylic acids is 1. The lowest BCUT2D eigenvalue weighted by Gasteiger charge is -2.21. The highest BCUT2D eigenvalue weighted by Crippen LogP contribution is 2.09. The zero-order chi connectivity index (χ0) is 15.0. The SMILES string of the molecule is CCCNc1ccc(C(=O)N(CCO)CC(F)F)cn1. The van der Waals surface area contributed by atoms with E-state index in [1.807, 2.05) is 6.92 Å². The Kier molecular flexibility index (Phi) is 6.86. The van der Waals surface area contributed by atoms with E-state index in [2.05, 4.69) is 10.3 Å². The first kappa shape index (κ1) is 16.3. The molecule has 1 aromatic rings. The van der Waals surface area contributed by atoms with Crippen molar-refractivity contribution in [2.24, 2.45) is 0 Å². The molecule has 0 spiro atoms. The number of aliphatic hydroxyl groups is 1. The Labute approximate surface area is 116 Å². The van der Waals surface area contributed by atoms with Gasteiger partial charge >= 0.3 is 0 Å². The van der Waals surface area contributed by atoms with Crippen LogP contribution in [0.3, 0.4) is 0 Å².